The van der Waals surface area contributed by atoms with Crippen LogP contribution in [0.25, 0.3) is 0 Å². The molecule has 0 spiro atoms. The van der Waals surface area contributed by atoms with Crippen molar-refractivity contribution in [3.63, 3.8) is 0 Å². The summed E-state index contributed by atoms with van der Waals surface area (Å²) >= 11 is 0. The number of rotatable bonds is 5. The number of ketones is 1. The molecule has 88 valence electrons. The van der Waals surface area contributed by atoms with Gasteiger partial charge in [0.05, 0.1) is 13.2 Å². The average molecular weight is 221 g/mol. The highest BCUT2D eigenvalue weighted by atomic mass is 16.5. The summed E-state index contributed by atoms with van der Waals surface area (Å²) in [4.78, 5) is 11.5. The van der Waals surface area contributed by atoms with Gasteiger partial charge in [0.2, 0.25) is 0 Å². The highest BCUT2D eigenvalue weighted by Gasteiger charge is 2.18. The van der Waals surface area contributed by atoms with Crippen LogP contribution in [0.5, 0.6) is 5.75 Å². The highest BCUT2D eigenvalue weighted by Crippen LogP contribution is 2.27. The number of carbonyl (C=O) groups excluding carboxylic acids is 1. The monoisotopic (exact) mass is 221 g/mol. The Hall–Kier alpha value is -1.35. The lowest BCUT2D eigenvalue weighted by atomic mass is 9.99. The van der Waals surface area contributed by atoms with Gasteiger partial charge in [-0.05, 0) is 32.0 Å². The number of Topliss-reactive ketones (excluding diaryl/α,β-unsaturated/α-hetero) is 1. The van der Waals surface area contributed by atoms with Crippen LogP contribution in [0.3, 0.4) is 0 Å². The number of hydrogen-bond acceptors (Lipinski definition) is 3. The van der Waals surface area contributed by atoms with Crippen molar-refractivity contribution in [1.82, 2.24) is 5.32 Å². The lowest BCUT2D eigenvalue weighted by molar-refractivity contribution is -0.119. The van der Waals surface area contributed by atoms with E-state index in [0.29, 0.717) is 0 Å². The number of nitrogens with one attached hydrogen (secondary N) is 1. The maximum absolute atomic E-state index is 11.5. The van der Waals surface area contributed by atoms with Crippen molar-refractivity contribution in [1.29, 1.82) is 0 Å². The molecule has 0 saturated carbocycles. The summed E-state index contributed by atoms with van der Waals surface area (Å²) in [5.74, 6) is 0.848. The van der Waals surface area contributed by atoms with Gasteiger partial charge in [-0.2, -0.15) is 0 Å². The number of ether oxygens (including phenoxy) is 1. The molecule has 1 atom stereocenters. The van der Waals surface area contributed by atoms with Gasteiger partial charge in [0.25, 0.3) is 0 Å². The van der Waals surface area contributed by atoms with Crippen molar-refractivity contribution in [3.05, 3.63) is 29.3 Å². The van der Waals surface area contributed by atoms with E-state index in [1.807, 2.05) is 18.2 Å². The van der Waals surface area contributed by atoms with Crippen LogP contribution in [0.15, 0.2) is 18.2 Å². The normalized spacial score (nSPS) is 12.2. The Morgan fingerprint density at radius 2 is 2.19 bits per heavy atom. The Bertz CT molecular complexity index is 374. The van der Waals surface area contributed by atoms with E-state index in [-0.39, 0.29) is 11.8 Å². The fourth-order valence-corrected chi connectivity index (χ4v) is 1.81. The van der Waals surface area contributed by atoms with Crippen LogP contribution in [0.1, 0.15) is 31.0 Å². The Balaban J connectivity index is 3.21. The van der Waals surface area contributed by atoms with Gasteiger partial charge in [0, 0.05) is 5.56 Å². The number of likely N-dealkylation sites (N-methyl/N-ethyl adjacent to an activating group) is 1. The third-order valence-electron chi connectivity index (χ3n) is 2.71. The molecule has 0 bridgehead atoms. The lowest BCUT2D eigenvalue weighted by Gasteiger charge is -2.17. The van der Waals surface area contributed by atoms with Gasteiger partial charge in [-0.25, -0.2) is 0 Å². The van der Waals surface area contributed by atoms with Crippen molar-refractivity contribution in [2.45, 2.75) is 26.3 Å². The summed E-state index contributed by atoms with van der Waals surface area (Å²) in [6, 6.07) is 5.68. The Kier molecular flexibility index (Phi) is 4.50. The summed E-state index contributed by atoms with van der Waals surface area (Å²) in [6.07, 6.45) is 0.950. The first kappa shape index (κ1) is 12.7. The highest BCUT2D eigenvalue weighted by molar-refractivity contribution is 5.83. The van der Waals surface area contributed by atoms with Crippen LogP contribution >= 0.6 is 0 Å². The minimum absolute atomic E-state index is 0.0917. The Morgan fingerprint density at radius 1 is 1.50 bits per heavy atom. The quantitative estimate of drug-likeness (QED) is 0.827. The minimum Gasteiger partial charge on any atom is -0.496 e. The van der Waals surface area contributed by atoms with Crippen LogP contribution in [0.4, 0.5) is 0 Å². The van der Waals surface area contributed by atoms with Crippen molar-refractivity contribution in [3.8, 4) is 5.75 Å². The van der Waals surface area contributed by atoms with Gasteiger partial charge >= 0.3 is 0 Å². The van der Waals surface area contributed by atoms with Crippen LogP contribution in [0, 0.1) is 0 Å². The minimum atomic E-state index is -0.290. The molecule has 0 aliphatic rings. The fourth-order valence-electron chi connectivity index (χ4n) is 1.81. The summed E-state index contributed by atoms with van der Waals surface area (Å²) < 4.78 is 5.29. The van der Waals surface area contributed by atoms with Gasteiger partial charge in [-0.1, -0.05) is 19.1 Å². The molecule has 3 heteroatoms. The number of benzene rings is 1. The molecule has 16 heavy (non-hydrogen) atoms. The molecule has 1 aromatic rings. The van der Waals surface area contributed by atoms with E-state index in [1.54, 1.807) is 21.1 Å². The Labute approximate surface area is 96.8 Å². The van der Waals surface area contributed by atoms with E-state index in [1.165, 1.54) is 5.56 Å². The van der Waals surface area contributed by atoms with Crippen LogP contribution in [-0.4, -0.2) is 19.9 Å². The van der Waals surface area contributed by atoms with Gasteiger partial charge in [0.1, 0.15) is 5.75 Å². The van der Waals surface area contributed by atoms with E-state index < -0.39 is 0 Å². The van der Waals surface area contributed by atoms with Crippen LogP contribution < -0.4 is 10.1 Å². The zero-order valence-corrected chi connectivity index (χ0v) is 10.3. The molecule has 0 heterocycles. The summed E-state index contributed by atoms with van der Waals surface area (Å²) in [5, 5.41) is 3.01. The molecule has 1 rings (SSSR count). The second kappa shape index (κ2) is 5.66. The maximum Gasteiger partial charge on any atom is 0.151 e. The summed E-state index contributed by atoms with van der Waals surface area (Å²) in [6.45, 7) is 3.67. The van der Waals surface area contributed by atoms with Crippen LogP contribution in [-0.2, 0) is 11.2 Å². The number of aryl methyl sites for hydroxylation is 1. The standard InChI is InChI=1S/C13H19NO2/c1-5-10-6-7-12(16-4)11(8-10)13(14-3)9(2)15/h6-8,13-14H,5H2,1-4H3. The topological polar surface area (TPSA) is 38.3 Å². The molecule has 1 N–H and O–H groups in total. The third kappa shape index (κ3) is 2.61. The molecule has 0 saturated heterocycles. The molecule has 0 aliphatic carbocycles. The molecule has 0 radical (unpaired) electrons. The fraction of sp³-hybridized carbons (Fsp3) is 0.462. The smallest absolute Gasteiger partial charge is 0.151 e. The van der Waals surface area contributed by atoms with Crippen molar-refractivity contribution >= 4 is 5.78 Å². The van der Waals surface area contributed by atoms with E-state index in [4.69, 9.17) is 4.74 Å². The van der Waals surface area contributed by atoms with Crippen molar-refractivity contribution < 1.29 is 9.53 Å². The molecular formula is C13H19NO2. The predicted octanol–water partition coefficient (Wildman–Crippen LogP) is 2.11. The average Bonchev–Trinajstić information content (AvgIpc) is 2.29. The largest absolute Gasteiger partial charge is 0.496 e. The van der Waals surface area contributed by atoms with Crippen LogP contribution in [0.2, 0.25) is 0 Å². The second-order valence-electron chi connectivity index (χ2n) is 3.76. The Morgan fingerprint density at radius 3 is 2.62 bits per heavy atom. The van der Waals surface area contributed by atoms with Gasteiger partial charge in [-0.15, -0.1) is 0 Å². The summed E-state index contributed by atoms with van der Waals surface area (Å²) in [7, 11) is 3.40. The SMILES string of the molecule is CCc1ccc(OC)c(C(NC)C(C)=O)c1. The van der Waals surface area contributed by atoms with Gasteiger partial charge < -0.3 is 10.1 Å². The molecule has 1 aromatic carbocycles. The number of methoxy groups -OCH3 is 1. The number of carbonyl (C=O) groups is 1. The second-order valence-corrected chi connectivity index (χ2v) is 3.76. The third-order valence-corrected chi connectivity index (χ3v) is 2.71. The summed E-state index contributed by atoms with van der Waals surface area (Å²) in [5.41, 5.74) is 2.12. The first-order valence-electron chi connectivity index (χ1n) is 5.48. The lowest BCUT2D eigenvalue weighted by Crippen LogP contribution is -2.24. The molecule has 1 unspecified atom stereocenters. The first-order valence-corrected chi connectivity index (χ1v) is 5.48. The van der Waals surface area contributed by atoms with Gasteiger partial charge in [0.15, 0.2) is 5.78 Å². The zero-order chi connectivity index (χ0) is 12.1. The molecule has 0 fully saturated rings. The van der Waals surface area contributed by atoms with E-state index in [9.17, 15) is 4.79 Å². The van der Waals surface area contributed by atoms with E-state index in [2.05, 4.69) is 12.2 Å². The number of hydrogen-bond donors (Lipinski definition) is 1. The predicted molar refractivity (Wildman–Crippen MR) is 64.9 cm³/mol. The molecule has 0 aliphatic heterocycles. The van der Waals surface area contributed by atoms with Crippen molar-refractivity contribution in [2.24, 2.45) is 0 Å². The first-order chi connectivity index (χ1) is 7.63. The zero-order valence-electron chi connectivity index (χ0n) is 10.3. The molecule has 0 aromatic heterocycles. The van der Waals surface area contributed by atoms with Gasteiger partial charge in [-0.3, -0.25) is 4.79 Å². The van der Waals surface area contributed by atoms with E-state index >= 15 is 0 Å². The molecule has 3 nitrogen and oxygen atoms in total. The van der Waals surface area contributed by atoms with Crippen molar-refractivity contribution in [2.75, 3.05) is 14.2 Å². The van der Waals surface area contributed by atoms with E-state index in [0.717, 1.165) is 17.7 Å². The molecule has 0 amide bonds. The maximum atomic E-state index is 11.5. The molecular weight excluding hydrogens is 202 g/mol.